The summed E-state index contributed by atoms with van der Waals surface area (Å²) in [5, 5.41) is 2.78. The molecule has 0 spiro atoms. The van der Waals surface area contributed by atoms with Crippen LogP contribution in [-0.4, -0.2) is 32.2 Å². The molecule has 1 heterocycles. The Morgan fingerprint density at radius 3 is 2.82 bits per heavy atom. The van der Waals surface area contributed by atoms with Gasteiger partial charge in [0.2, 0.25) is 10.0 Å². The zero-order chi connectivity index (χ0) is 12.9. The fourth-order valence-corrected chi connectivity index (χ4v) is 2.24. The number of nitrogens with one attached hydrogen (secondary N) is 2. The molecule has 5 nitrogen and oxygen atoms in total. The summed E-state index contributed by atoms with van der Waals surface area (Å²) in [6, 6.07) is 1.11. The lowest BCUT2D eigenvalue weighted by Crippen LogP contribution is -2.29. The molecular formula is C9H13ClFN3O2S. The van der Waals surface area contributed by atoms with Crippen molar-refractivity contribution in [1.82, 2.24) is 9.71 Å². The summed E-state index contributed by atoms with van der Waals surface area (Å²) < 4.78 is 38.1. The van der Waals surface area contributed by atoms with Gasteiger partial charge in [-0.25, -0.2) is 22.5 Å². The van der Waals surface area contributed by atoms with Gasteiger partial charge < -0.3 is 5.32 Å². The SMILES string of the molecule is CCNS(=O)(=O)CCNc1ncc(Cl)cc1F. The van der Waals surface area contributed by atoms with Crippen LogP contribution in [0.5, 0.6) is 0 Å². The fourth-order valence-electron chi connectivity index (χ4n) is 1.14. The lowest BCUT2D eigenvalue weighted by atomic mass is 10.4. The molecule has 0 bridgehead atoms. The number of hydrogen-bond acceptors (Lipinski definition) is 4. The third kappa shape index (κ3) is 4.84. The maximum absolute atomic E-state index is 13.2. The van der Waals surface area contributed by atoms with Crippen molar-refractivity contribution in [3.63, 3.8) is 0 Å². The maximum Gasteiger partial charge on any atom is 0.213 e. The minimum absolute atomic E-state index is 0.0129. The average Bonchev–Trinajstić information content (AvgIpc) is 2.21. The minimum atomic E-state index is -3.31. The Bertz CT molecular complexity index is 481. The summed E-state index contributed by atoms with van der Waals surface area (Å²) in [5.41, 5.74) is 0. The number of nitrogens with zero attached hydrogens (tertiary/aromatic N) is 1. The predicted molar refractivity (Wildman–Crippen MR) is 65.2 cm³/mol. The lowest BCUT2D eigenvalue weighted by molar-refractivity contribution is 0.584. The van der Waals surface area contributed by atoms with E-state index in [2.05, 4.69) is 15.0 Å². The number of sulfonamides is 1. The van der Waals surface area contributed by atoms with Crippen molar-refractivity contribution in [1.29, 1.82) is 0 Å². The highest BCUT2D eigenvalue weighted by molar-refractivity contribution is 7.89. The molecule has 1 rings (SSSR count). The second-order valence-electron chi connectivity index (χ2n) is 3.23. The summed E-state index contributed by atoms with van der Waals surface area (Å²) in [4.78, 5) is 3.71. The Balaban J connectivity index is 2.51. The van der Waals surface area contributed by atoms with Gasteiger partial charge in [0, 0.05) is 19.3 Å². The van der Waals surface area contributed by atoms with Gasteiger partial charge in [-0.3, -0.25) is 0 Å². The molecule has 0 radical (unpaired) electrons. The minimum Gasteiger partial charge on any atom is -0.367 e. The quantitative estimate of drug-likeness (QED) is 0.823. The topological polar surface area (TPSA) is 71.1 Å². The van der Waals surface area contributed by atoms with Crippen molar-refractivity contribution in [3.8, 4) is 0 Å². The third-order valence-corrected chi connectivity index (χ3v) is 3.51. The van der Waals surface area contributed by atoms with Crippen LogP contribution in [-0.2, 0) is 10.0 Å². The first kappa shape index (κ1) is 14.1. The van der Waals surface area contributed by atoms with Gasteiger partial charge in [-0.15, -0.1) is 0 Å². The van der Waals surface area contributed by atoms with Gasteiger partial charge in [0.25, 0.3) is 0 Å². The molecule has 0 aliphatic rings. The van der Waals surface area contributed by atoms with Crippen molar-refractivity contribution in [2.24, 2.45) is 0 Å². The van der Waals surface area contributed by atoms with Crippen molar-refractivity contribution >= 4 is 27.4 Å². The van der Waals surface area contributed by atoms with Gasteiger partial charge in [0.1, 0.15) is 0 Å². The number of halogens is 2. The zero-order valence-electron chi connectivity index (χ0n) is 9.20. The first-order valence-corrected chi connectivity index (χ1v) is 7.00. The second kappa shape index (κ2) is 6.13. The second-order valence-corrected chi connectivity index (χ2v) is 5.59. The van der Waals surface area contributed by atoms with E-state index >= 15 is 0 Å². The molecule has 96 valence electrons. The van der Waals surface area contributed by atoms with Crippen LogP contribution in [0.25, 0.3) is 0 Å². The summed E-state index contributed by atoms with van der Waals surface area (Å²) in [7, 11) is -3.31. The van der Waals surface area contributed by atoms with E-state index in [-0.39, 0.29) is 23.1 Å². The summed E-state index contributed by atoms with van der Waals surface area (Å²) in [6.07, 6.45) is 1.28. The monoisotopic (exact) mass is 281 g/mol. The molecule has 0 saturated heterocycles. The molecule has 17 heavy (non-hydrogen) atoms. The Labute approximate surface area is 104 Å². The maximum atomic E-state index is 13.2. The van der Waals surface area contributed by atoms with Gasteiger partial charge in [0.15, 0.2) is 11.6 Å². The average molecular weight is 282 g/mol. The standard InChI is InChI=1S/C9H13ClFN3O2S/c1-2-14-17(15,16)4-3-12-9-8(11)5-7(10)6-13-9/h5-6,14H,2-4H2,1H3,(H,12,13). The van der Waals surface area contributed by atoms with E-state index in [4.69, 9.17) is 11.6 Å². The molecule has 1 aromatic rings. The van der Waals surface area contributed by atoms with Crippen molar-refractivity contribution in [2.75, 3.05) is 24.2 Å². The smallest absolute Gasteiger partial charge is 0.213 e. The molecule has 0 saturated carbocycles. The number of anilines is 1. The van der Waals surface area contributed by atoms with E-state index in [0.29, 0.717) is 6.54 Å². The molecule has 0 amide bonds. The van der Waals surface area contributed by atoms with Crippen molar-refractivity contribution < 1.29 is 12.8 Å². The van der Waals surface area contributed by atoms with E-state index in [1.165, 1.54) is 6.20 Å². The Morgan fingerprint density at radius 2 is 2.24 bits per heavy atom. The first-order valence-electron chi connectivity index (χ1n) is 4.97. The van der Waals surface area contributed by atoms with E-state index in [1.807, 2.05) is 0 Å². The van der Waals surface area contributed by atoms with E-state index < -0.39 is 15.8 Å². The van der Waals surface area contributed by atoms with Crippen LogP contribution in [0, 0.1) is 5.82 Å². The molecule has 0 aromatic carbocycles. The summed E-state index contributed by atoms with van der Waals surface area (Å²) in [6.45, 7) is 2.09. The predicted octanol–water partition coefficient (Wildman–Crippen LogP) is 1.23. The molecule has 0 aliphatic heterocycles. The van der Waals surface area contributed by atoms with Crippen LogP contribution in [0.15, 0.2) is 12.3 Å². The number of rotatable bonds is 6. The molecule has 8 heteroatoms. The van der Waals surface area contributed by atoms with Gasteiger partial charge in [-0.05, 0) is 6.07 Å². The summed E-state index contributed by atoms with van der Waals surface area (Å²) >= 11 is 5.53. The van der Waals surface area contributed by atoms with Crippen LogP contribution < -0.4 is 10.0 Å². The van der Waals surface area contributed by atoms with Gasteiger partial charge in [0.05, 0.1) is 10.8 Å². The number of hydrogen-bond donors (Lipinski definition) is 2. The normalized spacial score (nSPS) is 11.5. The summed E-state index contributed by atoms with van der Waals surface area (Å²) in [5.74, 6) is -0.774. The highest BCUT2D eigenvalue weighted by Crippen LogP contribution is 2.14. The van der Waals surface area contributed by atoms with E-state index in [1.54, 1.807) is 6.92 Å². The molecule has 0 fully saturated rings. The fraction of sp³-hybridized carbons (Fsp3) is 0.444. The highest BCUT2D eigenvalue weighted by atomic mass is 35.5. The van der Waals surface area contributed by atoms with Crippen molar-refractivity contribution in [3.05, 3.63) is 23.1 Å². The lowest BCUT2D eigenvalue weighted by Gasteiger charge is -2.07. The highest BCUT2D eigenvalue weighted by Gasteiger charge is 2.09. The molecule has 0 unspecified atom stereocenters. The number of pyridine rings is 1. The van der Waals surface area contributed by atoms with Crippen LogP contribution in [0.4, 0.5) is 10.2 Å². The molecule has 1 aromatic heterocycles. The zero-order valence-corrected chi connectivity index (χ0v) is 10.8. The van der Waals surface area contributed by atoms with Gasteiger partial charge >= 0.3 is 0 Å². The Hall–Kier alpha value is -0.920. The van der Waals surface area contributed by atoms with Crippen LogP contribution in [0.1, 0.15) is 6.92 Å². The van der Waals surface area contributed by atoms with Crippen LogP contribution in [0.2, 0.25) is 5.02 Å². The Kier molecular flexibility index (Phi) is 5.10. The molecule has 2 N–H and O–H groups in total. The van der Waals surface area contributed by atoms with E-state index in [9.17, 15) is 12.8 Å². The Morgan fingerprint density at radius 1 is 1.53 bits per heavy atom. The van der Waals surface area contributed by atoms with Crippen LogP contribution in [0.3, 0.4) is 0 Å². The molecular weight excluding hydrogens is 269 g/mol. The third-order valence-electron chi connectivity index (χ3n) is 1.84. The van der Waals surface area contributed by atoms with Crippen molar-refractivity contribution in [2.45, 2.75) is 6.92 Å². The van der Waals surface area contributed by atoms with Crippen LogP contribution >= 0.6 is 11.6 Å². The first-order chi connectivity index (χ1) is 7.94. The largest absolute Gasteiger partial charge is 0.367 e. The molecule has 0 atom stereocenters. The van der Waals surface area contributed by atoms with E-state index in [0.717, 1.165) is 6.07 Å². The van der Waals surface area contributed by atoms with Gasteiger partial charge in [-0.2, -0.15) is 0 Å². The number of aromatic nitrogens is 1. The van der Waals surface area contributed by atoms with Gasteiger partial charge in [-0.1, -0.05) is 18.5 Å². The molecule has 0 aliphatic carbocycles.